The van der Waals surface area contributed by atoms with Crippen LogP contribution < -0.4 is 14.4 Å². The highest BCUT2D eigenvalue weighted by atomic mass is 32.2. The molecule has 1 fully saturated rings. The summed E-state index contributed by atoms with van der Waals surface area (Å²) < 4.78 is 26.5. The third-order valence-corrected chi connectivity index (χ3v) is 9.82. The third kappa shape index (κ3) is 6.46. The molecule has 1 aromatic heterocycles. The number of carbonyl (C=O) groups excluding carboxylic acids is 2. The summed E-state index contributed by atoms with van der Waals surface area (Å²) in [6.45, 7) is 4.62. The van der Waals surface area contributed by atoms with Crippen LogP contribution in [0.5, 0.6) is 11.5 Å². The van der Waals surface area contributed by atoms with Crippen molar-refractivity contribution in [3.8, 4) is 11.5 Å². The van der Waals surface area contributed by atoms with Crippen molar-refractivity contribution in [2.24, 2.45) is 0 Å². The Labute approximate surface area is 268 Å². The average molecular weight is 646 g/mol. The lowest BCUT2D eigenvalue weighted by molar-refractivity contribution is -0.132. The van der Waals surface area contributed by atoms with E-state index >= 15 is 0 Å². The molecule has 0 aliphatic carbocycles. The molecule has 0 unspecified atom stereocenters. The number of aromatic nitrogens is 2. The van der Waals surface area contributed by atoms with Crippen LogP contribution in [0.15, 0.2) is 76.6 Å². The van der Waals surface area contributed by atoms with Crippen LogP contribution in [0, 0.1) is 5.82 Å². The van der Waals surface area contributed by atoms with E-state index < -0.39 is 17.7 Å². The lowest BCUT2D eigenvalue weighted by Crippen LogP contribution is -2.29. The predicted octanol–water partition coefficient (Wildman–Crippen LogP) is 7.49. The number of amides is 1. The largest absolute Gasteiger partial charge is 0.507 e. The first-order chi connectivity index (χ1) is 21.8. The summed E-state index contributed by atoms with van der Waals surface area (Å²) in [7, 11) is 0. The number of nitrogens with zero attached hydrogens (tertiary/aromatic N) is 3. The molecule has 3 heterocycles. The molecule has 1 saturated heterocycles. The van der Waals surface area contributed by atoms with E-state index in [4.69, 9.17) is 9.47 Å². The number of fused-ring (bicyclic) bond motifs is 1. The lowest BCUT2D eigenvalue weighted by atomic mass is 9.94. The van der Waals surface area contributed by atoms with Crippen molar-refractivity contribution in [1.82, 2.24) is 10.2 Å². The van der Waals surface area contributed by atoms with Crippen LogP contribution in [0.2, 0.25) is 0 Å². The van der Waals surface area contributed by atoms with Gasteiger partial charge in [0, 0.05) is 17.7 Å². The summed E-state index contributed by atoms with van der Waals surface area (Å²) in [5.41, 5.74) is 2.38. The Hall–Kier alpha value is -4.22. The van der Waals surface area contributed by atoms with Gasteiger partial charge in [-0.15, -0.1) is 10.2 Å². The number of benzene rings is 3. The molecule has 0 radical (unpaired) electrons. The first kappa shape index (κ1) is 30.8. The zero-order chi connectivity index (χ0) is 31.5. The van der Waals surface area contributed by atoms with Crippen LogP contribution in [-0.4, -0.2) is 39.7 Å². The van der Waals surface area contributed by atoms with Crippen LogP contribution in [0.1, 0.15) is 61.4 Å². The number of rotatable bonds is 11. The maximum atomic E-state index is 14.2. The highest BCUT2D eigenvalue weighted by Crippen LogP contribution is 2.45. The van der Waals surface area contributed by atoms with Crippen molar-refractivity contribution in [1.29, 1.82) is 0 Å². The van der Waals surface area contributed by atoms with Crippen LogP contribution >= 0.6 is 23.1 Å². The summed E-state index contributed by atoms with van der Waals surface area (Å²) >= 11 is 2.41. The highest BCUT2D eigenvalue weighted by Gasteiger charge is 2.48. The summed E-state index contributed by atoms with van der Waals surface area (Å²) in [6.07, 6.45) is 3.68. The van der Waals surface area contributed by atoms with Crippen molar-refractivity contribution in [2.45, 2.75) is 61.8 Å². The van der Waals surface area contributed by atoms with Crippen molar-refractivity contribution >= 4 is 45.7 Å². The standard InChI is InChI=1S/C34H32FN3O5S2/c1-3-4-7-15-42-25-11-8-10-21(18-25)29-28(30(39)22-13-14-27-24(17-22)16-20(2)43-27)31(40)32(41)38(29)33-36-37-34(45-33)44-19-23-9-5-6-12-26(23)35/h5-6,8-14,17-18,20,29,39H,3-4,7,15-16,19H2,1-2H3/t20-,29+/m1/s1. The van der Waals surface area contributed by atoms with Gasteiger partial charge in [0.25, 0.3) is 5.78 Å². The Bertz CT molecular complexity index is 1770. The smallest absolute Gasteiger partial charge is 0.301 e. The molecule has 2 aliphatic heterocycles. The van der Waals surface area contributed by atoms with Crippen molar-refractivity contribution in [2.75, 3.05) is 11.5 Å². The normalized spacial score (nSPS) is 18.7. The zero-order valence-electron chi connectivity index (χ0n) is 24.9. The Kier molecular flexibility index (Phi) is 9.18. The molecule has 45 heavy (non-hydrogen) atoms. The fourth-order valence-corrected chi connectivity index (χ4v) is 7.35. The van der Waals surface area contributed by atoms with Gasteiger partial charge in [-0.2, -0.15) is 0 Å². The first-order valence-corrected chi connectivity index (χ1v) is 16.7. The third-order valence-electron chi connectivity index (χ3n) is 7.72. The Morgan fingerprint density at radius 3 is 2.78 bits per heavy atom. The van der Waals surface area contributed by atoms with Crippen molar-refractivity contribution < 1.29 is 28.6 Å². The number of anilines is 1. The molecule has 0 saturated carbocycles. The number of hydrogen-bond acceptors (Lipinski definition) is 9. The molecule has 2 aliphatic rings. The van der Waals surface area contributed by atoms with Gasteiger partial charge in [-0.1, -0.05) is 73.2 Å². The second kappa shape index (κ2) is 13.4. The van der Waals surface area contributed by atoms with Gasteiger partial charge in [-0.25, -0.2) is 4.39 Å². The van der Waals surface area contributed by atoms with Gasteiger partial charge in [0.15, 0.2) is 4.34 Å². The Morgan fingerprint density at radius 1 is 1.11 bits per heavy atom. The SMILES string of the molecule is CCCCCOc1cccc([C@H]2C(=C(O)c3ccc4c(c3)C[C@@H](C)O4)C(=O)C(=O)N2c2nnc(SCc3ccccc3F)s2)c1. The van der Waals surface area contributed by atoms with Gasteiger partial charge < -0.3 is 14.6 Å². The Balaban J connectivity index is 1.38. The quantitative estimate of drug-likeness (QED) is 0.0447. The van der Waals surface area contributed by atoms with E-state index in [-0.39, 0.29) is 28.4 Å². The second-order valence-corrected chi connectivity index (χ2v) is 13.2. The molecule has 2 atom stereocenters. The molecule has 0 spiro atoms. The molecule has 232 valence electrons. The van der Waals surface area contributed by atoms with Gasteiger partial charge in [-0.3, -0.25) is 14.5 Å². The van der Waals surface area contributed by atoms with Gasteiger partial charge in [0.05, 0.1) is 18.2 Å². The zero-order valence-corrected chi connectivity index (χ0v) is 26.5. The maximum absolute atomic E-state index is 14.2. The molecule has 11 heteroatoms. The van der Waals surface area contributed by atoms with Crippen LogP contribution in [0.4, 0.5) is 9.52 Å². The molecule has 4 aromatic rings. The summed E-state index contributed by atoms with van der Waals surface area (Å²) in [5.74, 6) is -0.597. The van der Waals surface area contributed by atoms with Gasteiger partial charge in [-0.05, 0) is 66.4 Å². The summed E-state index contributed by atoms with van der Waals surface area (Å²) in [4.78, 5) is 28.7. The minimum atomic E-state index is -0.981. The molecular weight excluding hydrogens is 614 g/mol. The van der Waals surface area contributed by atoms with E-state index in [0.29, 0.717) is 45.6 Å². The fraction of sp³-hybridized carbons (Fsp3) is 0.294. The van der Waals surface area contributed by atoms with E-state index in [1.807, 2.05) is 13.0 Å². The van der Waals surface area contributed by atoms with Gasteiger partial charge >= 0.3 is 5.91 Å². The van der Waals surface area contributed by atoms with E-state index in [9.17, 15) is 19.1 Å². The summed E-state index contributed by atoms with van der Waals surface area (Å²) in [6, 6.07) is 18.0. The lowest BCUT2D eigenvalue weighted by Gasteiger charge is -2.23. The molecule has 1 amide bonds. The minimum absolute atomic E-state index is 0.00546. The summed E-state index contributed by atoms with van der Waals surface area (Å²) in [5, 5.41) is 20.3. The van der Waals surface area contributed by atoms with Gasteiger partial charge in [0.2, 0.25) is 5.13 Å². The molecule has 8 nitrogen and oxygen atoms in total. The van der Waals surface area contributed by atoms with E-state index in [2.05, 4.69) is 17.1 Å². The van der Waals surface area contributed by atoms with Crippen LogP contribution in [0.3, 0.4) is 0 Å². The average Bonchev–Trinajstić information content (AvgIpc) is 3.73. The van der Waals surface area contributed by atoms with E-state index in [1.54, 1.807) is 54.6 Å². The van der Waals surface area contributed by atoms with Gasteiger partial charge in [0.1, 0.15) is 29.2 Å². The number of ketones is 1. The van der Waals surface area contributed by atoms with E-state index in [0.717, 1.165) is 41.9 Å². The highest BCUT2D eigenvalue weighted by molar-refractivity contribution is 8.00. The molecule has 3 aromatic carbocycles. The van der Waals surface area contributed by atoms with Crippen LogP contribution in [0.25, 0.3) is 5.76 Å². The predicted molar refractivity (Wildman–Crippen MR) is 172 cm³/mol. The van der Waals surface area contributed by atoms with Crippen LogP contribution in [-0.2, 0) is 21.8 Å². The number of aliphatic hydroxyl groups excluding tert-OH is 1. The molecule has 1 N–H and O–H groups in total. The Morgan fingerprint density at radius 2 is 1.96 bits per heavy atom. The second-order valence-electron chi connectivity index (χ2n) is 11.0. The number of aliphatic hydroxyl groups is 1. The fourth-order valence-electron chi connectivity index (χ4n) is 5.50. The molecule has 6 rings (SSSR count). The van der Waals surface area contributed by atoms with E-state index in [1.165, 1.54) is 22.7 Å². The maximum Gasteiger partial charge on any atom is 0.301 e. The number of ether oxygens (including phenoxy) is 2. The topological polar surface area (TPSA) is 102 Å². The number of thioether (sulfide) groups is 1. The monoisotopic (exact) mass is 645 g/mol. The minimum Gasteiger partial charge on any atom is -0.507 e. The number of carbonyl (C=O) groups is 2. The molecular formula is C34H32FN3O5S2. The number of hydrogen-bond donors (Lipinski definition) is 1. The molecule has 0 bridgehead atoms. The number of unbranched alkanes of at least 4 members (excludes halogenated alkanes) is 2. The van der Waals surface area contributed by atoms with Crippen molar-refractivity contribution in [3.05, 3.63) is 100 Å². The number of halogens is 1. The first-order valence-electron chi connectivity index (χ1n) is 14.9. The van der Waals surface area contributed by atoms with Crippen molar-refractivity contribution in [3.63, 3.8) is 0 Å². The number of Topliss-reactive ketones (excluding diaryl/α,β-unsaturated/α-hetero) is 1.